The van der Waals surface area contributed by atoms with Crippen molar-refractivity contribution in [1.82, 2.24) is 5.32 Å². The van der Waals surface area contributed by atoms with Crippen LogP contribution in [0.4, 0.5) is 10.1 Å². The zero-order valence-electron chi connectivity index (χ0n) is 10.7. The highest BCUT2D eigenvalue weighted by Crippen LogP contribution is 2.17. The van der Waals surface area contributed by atoms with Crippen LogP contribution >= 0.6 is 0 Å². The first-order chi connectivity index (χ1) is 8.47. The lowest BCUT2D eigenvalue weighted by atomic mass is 10.3. The molecule has 0 aliphatic heterocycles. The number of nitrogens with one attached hydrogen (secondary N) is 1. The second kappa shape index (κ2) is 6.70. The molecule has 1 N–H and O–H groups in total. The largest absolute Gasteiger partial charge is 0.320 e. The van der Waals surface area contributed by atoms with E-state index in [2.05, 4.69) is 5.32 Å². The van der Waals surface area contributed by atoms with Crippen molar-refractivity contribution in [2.45, 2.75) is 12.8 Å². The van der Waals surface area contributed by atoms with Crippen molar-refractivity contribution in [3.8, 4) is 0 Å². The molecular formula is C12H19FN2O2S. The van der Waals surface area contributed by atoms with Crippen molar-refractivity contribution < 1.29 is 12.8 Å². The molecule has 4 nitrogen and oxygen atoms in total. The van der Waals surface area contributed by atoms with Crippen LogP contribution in [0.3, 0.4) is 0 Å². The fraction of sp³-hybridized carbons (Fsp3) is 0.500. The summed E-state index contributed by atoms with van der Waals surface area (Å²) < 4.78 is 37.9. The summed E-state index contributed by atoms with van der Waals surface area (Å²) in [5, 5.41) is 2.97. The van der Waals surface area contributed by atoms with Gasteiger partial charge in [0.2, 0.25) is 10.0 Å². The predicted octanol–water partition coefficient (Wildman–Crippen LogP) is 1.59. The van der Waals surface area contributed by atoms with Crippen LogP contribution in [0, 0.1) is 5.82 Å². The van der Waals surface area contributed by atoms with E-state index in [1.165, 1.54) is 35.6 Å². The van der Waals surface area contributed by atoms with Crippen molar-refractivity contribution in [3.63, 3.8) is 0 Å². The van der Waals surface area contributed by atoms with Crippen LogP contribution in [0.15, 0.2) is 24.3 Å². The molecule has 1 aromatic rings. The standard InChI is InChI=1S/C12H19FN2O2S/c1-14-9-3-4-10-18(16,17)15(2)12-7-5-11(13)6-8-12/h5-8,14H,3-4,9-10H2,1-2H3. The molecule has 0 aliphatic carbocycles. The van der Waals surface area contributed by atoms with Crippen LogP contribution in [0.1, 0.15) is 12.8 Å². The van der Waals surface area contributed by atoms with Gasteiger partial charge < -0.3 is 5.32 Å². The van der Waals surface area contributed by atoms with E-state index < -0.39 is 10.0 Å². The van der Waals surface area contributed by atoms with Gasteiger partial charge >= 0.3 is 0 Å². The van der Waals surface area contributed by atoms with Crippen LogP contribution in [0.2, 0.25) is 0 Å². The van der Waals surface area contributed by atoms with Crippen LogP contribution in [0.25, 0.3) is 0 Å². The zero-order chi connectivity index (χ0) is 13.6. The maximum Gasteiger partial charge on any atom is 0.234 e. The second-order valence-corrected chi connectivity index (χ2v) is 6.19. The van der Waals surface area contributed by atoms with Crippen molar-refractivity contribution in [1.29, 1.82) is 0 Å². The molecule has 0 heterocycles. The number of anilines is 1. The summed E-state index contributed by atoms with van der Waals surface area (Å²) in [4.78, 5) is 0. The maximum absolute atomic E-state index is 12.8. The van der Waals surface area contributed by atoms with E-state index in [4.69, 9.17) is 0 Å². The summed E-state index contributed by atoms with van der Waals surface area (Å²) in [5.74, 6) is -0.277. The van der Waals surface area contributed by atoms with Gasteiger partial charge in [-0.2, -0.15) is 0 Å². The average molecular weight is 274 g/mol. The molecule has 0 amide bonds. The molecule has 102 valence electrons. The summed E-state index contributed by atoms with van der Waals surface area (Å²) in [6.45, 7) is 0.801. The molecule has 0 spiro atoms. The third-order valence-corrected chi connectivity index (χ3v) is 4.54. The third kappa shape index (κ3) is 4.27. The highest BCUT2D eigenvalue weighted by atomic mass is 32.2. The number of halogens is 1. The normalized spacial score (nSPS) is 11.5. The summed E-state index contributed by atoms with van der Waals surface area (Å²) in [7, 11) is -0.00431. The van der Waals surface area contributed by atoms with Gasteiger partial charge in [-0.05, 0) is 50.7 Å². The van der Waals surface area contributed by atoms with Crippen molar-refractivity contribution in [3.05, 3.63) is 30.1 Å². The van der Waals surface area contributed by atoms with E-state index in [0.29, 0.717) is 12.1 Å². The third-order valence-electron chi connectivity index (χ3n) is 2.69. The van der Waals surface area contributed by atoms with E-state index in [9.17, 15) is 12.8 Å². The molecule has 0 bridgehead atoms. The van der Waals surface area contributed by atoms with Gasteiger partial charge in [0.15, 0.2) is 0 Å². The van der Waals surface area contributed by atoms with E-state index in [0.717, 1.165) is 13.0 Å². The Bertz CT molecular complexity index is 459. The number of unbranched alkanes of at least 4 members (excludes halogenated alkanes) is 1. The summed E-state index contributed by atoms with van der Waals surface area (Å²) in [5.41, 5.74) is 0.477. The lowest BCUT2D eigenvalue weighted by Crippen LogP contribution is -2.29. The first-order valence-corrected chi connectivity index (χ1v) is 7.45. The van der Waals surface area contributed by atoms with Gasteiger partial charge in [0.25, 0.3) is 0 Å². The van der Waals surface area contributed by atoms with Gasteiger partial charge in [-0.15, -0.1) is 0 Å². The molecule has 1 rings (SSSR count). The Morgan fingerprint density at radius 3 is 2.39 bits per heavy atom. The van der Waals surface area contributed by atoms with Gasteiger partial charge in [-0.25, -0.2) is 12.8 Å². The zero-order valence-corrected chi connectivity index (χ0v) is 11.5. The van der Waals surface area contributed by atoms with E-state index in [-0.39, 0.29) is 11.6 Å². The lowest BCUT2D eigenvalue weighted by Gasteiger charge is -2.19. The first kappa shape index (κ1) is 14.9. The molecule has 0 radical (unpaired) electrons. The molecule has 18 heavy (non-hydrogen) atoms. The molecule has 0 fully saturated rings. The SMILES string of the molecule is CNCCCCS(=O)(=O)N(C)c1ccc(F)cc1. The van der Waals surface area contributed by atoms with Crippen molar-refractivity contribution >= 4 is 15.7 Å². The molecule has 0 atom stereocenters. The Balaban J connectivity index is 2.64. The Kier molecular flexibility index (Phi) is 5.55. The quantitative estimate of drug-likeness (QED) is 0.768. The Morgan fingerprint density at radius 1 is 1.22 bits per heavy atom. The van der Waals surface area contributed by atoms with E-state index >= 15 is 0 Å². The topological polar surface area (TPSA) is 49.4 Å². The number of nitrogens with zero attached hydrogens (tertiary/aromatic N) is 1. The summed E-state index contributed by atoms with van der Waals surface area (Å²) in [6, 6.07) is 5.42. The van der Waals surface area contributed by atoms with Gasteiger partial charge in [-0.1, -0.05) is 0 Å². The Hall–Kier alpha value is -1.14. The molecule has 0 unspecified atom stereocenters. The molecule has 1 aromatic carbocycles. The molecule has 0 aromatic heterocycles. The summed E-state index contributed by atoms with van der Waals surface area (Å²) >= 11 is 0. The lowest BCUT2D eigenvalue weighted by molar-refractivity contribution is 0.588. The van der Waals surface area contributed by atoms with E-state index in [1.807, 2.05) is 7.05 Å². The fourth-order valence-electron chi connectivity index (χ4n) is 1.53. The molecular weight excluding hydrogens is 255 g/mol. The van der Waals surface area contributed by atoms with Crippen LogP contribution in [-0.4, -0.2) is 34.8 Å². The van der Waals surface area contributed by atoms with Crippen molar-refractivity contribution in [2.24, 2.45) is 0 Å². The smallest absolute Gasteiger partial charge is 0.234 e. The molecule has 0 saturated heterocycles. The maximum atomic E-state index is 12.8. The number of hydrogen-bond donors (Lipinski definition) is 1. The van der Waals surface area contributed by atoms with Crippen LogP contribution < -0.4 is 9.62 Å². The molecule has 0 saturated carbocycles. The predicted molar refractivity (Wildman–Crippen MR) is 71.8 cm³/mol. The van der Waals surface area contributed by atoms with Gasteiger partial charge in [0, 0.05) is 7.05 Å². The number of hydrogen-bond acceptors (Lipinski definition) is 3. The van der Waals surface area contributed by atoms with Gasteiger partial charge in [0.1, 0.15) is 5.82 Å². The highest BCUT2D eigenvalue weighted by Gasteiger charge is 2.17. The second-order valence-electron chi connectivity index (χ2n) is 4.07. The van der Waals surface area contributed by atoms with Gasteiger partial charge in [-0.3, -0.25) is 4.31 Å². The minimum atomic E-state index is -3.32. The van der Waals surface area contributed by atoms with Crippen LogP contribution in [0.5, 0.6) is 0 Å². The molecule has 0 aliphatic rings. The Morgan fingerprint density at radius 2 is 1.83 bits per heavy atom. The number of rotatable bonds is 7. The van der Waals surface area contributed by atoms with E-state index in [1.54, 1.807) is 0 Å². The minimum Gasteiger partial charge on any atom is -0.320 e. The average Bonchev–Trinajstić information content (AvgIpc) is 2.35. The number of sulfonamides is 1. The minimum absolute atomic E-state index is 0.0998. The van der Waals surface area contributed by atoms with Crippen molar-refractivity contribution in [2.75, 3.05) is 30.7 Å². The Labute approximate surface area is 108 Å². The van der Waals surface area contributed by atoms with Crippen LogP contribution in [-0.2, 0) is 10.0 Å². The number of benzene rings is 1. The van der Waals surface area contributed by atoms with Gasteiger partial charge in [0.05, 0.1) is 11.4 Å². The highest BCUT2D eigenvalue weighted by molar-refractivity contribution is 7.92. The first-order valence-electron chi connectivity index (χ1n) is 5.84. The monoisotopic (exact) mass is 274 g/mol. The fourth-order valence-corrected chi connectivity index (χ4v) is 2.82. The molecule has 6 heteroatoms. The summed E-state index contributed by atoms with van der Waals surface area (Å²) in [6.07, 6.45) is 1.42.